The fourth-order valence-electron chi connectivity index (χ4n) is 1.30. The highest BCUT2D eigenvalue weighted by Crippen LogP contribution is 2.36. The van der Waals surface area contributed by atoms with Crippen LogP contribution in [0.5, 0.6) is 0 Å². The number of carbonyl (C=O) groups excluding carboxylic acids is 2. The molecule has 0 aromatic carbocycles. The first kappa shape index (κ1) is 11.9. The van der Waals surface area contributed by atoms with Crippen molar-refractivity contribution in [1.82, 2.24) is 9.73 Å². The van der Waals surface area contributed by atoms with E-state index in [9.17, 15) is 18.0 Å². The summed E-state index contributed by atoms with van der Waals surface area (Å²) in [5, 5.41) is 0. The summed E-state index contributed by atoms with van der Waals surface area (Å²) in [7, 11) is -3.74. The monoisotopic (exact) mass is 235 g/mol. The van der Waals surface area contributed by atoms with E-state index in [-0.39, 0.29) is 0 Å². The number of hydrogen-bond donors (Lipinski definition) is 2. The van der Waals surface area contributed by atoms with Crippen molar-refractivity contribution < 1.29 is 18.0 Å². The van der Waals surface area contributed by atoms with Crippen LogP contribution < -0.4 is 11.3 Å². The Balaban J connectivity index is 3.03. The SMILES string of the molecule is CC(C(=O)NN)N1C(=O)C(C)(C)S1(=O)=O. The van der Waals surface area contributed by atoms with Crippen molar-refractivity contribution >= 4 is 21.8 Å². The van der Waals surface area contributed by atoms with Gasteiger partial charge in [0.1, 0.15) is 6.04 Å². The third-order valence-corrected chi connectivity index (χ3v) is 4.96. The molecule has 1 unspecified atom stereocenters. The molecule has 1 atom stereocenters. The Morgan fingerprint density at radius 2 is 2.00 bits per heavy atom. The van der Waals surface area contributed by atoms with Gasteiger partial charge >= 0.3 is 0 Å². The molecule has 15 heavy (non-hydrogen) atoms. The smallest absolute Gasteiger partial charge is 0.259 e. The zero-order chi connectivity index (χ0) is 12.0. The highest BCUT2D eigenvalue weighted by atomic mass is 32.2. The average Bonchev–Trinajstić information content (AvgIpc) is 2.15. The topological polar surface area (TPSA) is 110 Å². The van der Waals surface area contributed by atoms with Gasteiger partial charge in [-0.3, -0.25) is 15.0 Å². The van der Waals surface area contributed by atoms with E-state index in [2.05, 4.69) is 0 Å². The number of nitrogens with zero attached hydrogens (tertiary/aromatic N) is 1. The van der Waals surface area contributed by atoms with Crippen LogP contribution in [-0.2, 0) is 19.6 Å². The van der Waals surface area contributed by atoms with E-state index in [0.29, 0.717) is 4.31 Å². The molecule has 3 N–H and O–H groups in total. The number of hydrogen-bond acceptors (Lipinski definition) is 5. The number of rotatable bonds is 2. The fraction of sp³-hybridized carbons (Fsp3) is 0.714. The summed E-state index contributed by atoms with van der Waals surface area (Å²) < 4.78 is 22.4. The average molecular weight is 235 g/mol. The Bertz CT molecular complexity index is 414. The largest absolute Gasteiger partial charge is 0.292 e. The summed E-state index contributed by atoms with van der Waals surface area (Å²) in [6.07, 6.45) is 0. The molecule has 0 bridgehead atoms. The van der Waals surface area contributed by atoms with Crippen LogP contribution in [0.25, 0.3) is 0 Å². The molecule has 0 saturated carbocycles. The number of nitrogens with two attached hydrogens (primary N) is 1. The first-order valence-electron chi connectivity index (χ1n) is 4.26. The Morgan fingerprint density at radius 3 is 2.33 bits per heavy atom. The fourth-order valence-corrected chi connectivity index (χ4v) is 2.94. The van der Waals surface area contributed by atoms with Crippen LogP contribution in [0, 0.1) is 0 Å². The van der Waals surface area contributed by atoms with Crippen molar-refractivity contribution in [2.45, 2.75) is 31.6 Å². The summed E-state index contributed by atoms with van der Waals surface area (Å²) >= 11 is 0. The minimum absolute atomic E-state index is 0.551. The van der Waals surface area contributed by atoms with Gasteiger partial charge in [-0.05, 0) is 20.8 Å². The van der Waals surface area contributed by atoms with Gasteiger partial charge in [-0.2, -0.15) is 0 Å². The van der Waals surface area contributed by atoms with Crippen LogP contribution in [-0.4, -0.2) is 35.3 Å². The molecule has 86 valence electrons. The van der Waals surface area contributed by atoms with E-state index in [1.807, 2.05) is 0 Å². The Morgan fingerprint density at radius 1 is 1.53 bits per heavy atom. The predicted octanol–water partition coefficient (Wildman–Crippen LogP) is -1.68. The summed E-state index contributed by atoms with van der Waals surface area (Å²) in [6.45, 7) is 3.90. The van der Waals surface area contributed by atoms with Crippen molar-refractivity contribution in [3.05, 3.63) is 0 Å². The molecule has 1 fully saturated rings. The van der Waals surface area contributed by atoms with E-state index >= 15 is 0 Å². The van der Waals surface area contributed by atoms with Crippen molar-refractivity contribution in [1.29, 1.82) is 0 Å². The van der Waals surface area contributed by atoms with Crippen molar-refractivity contribution in [3.8, 4) is 0 Å². The molecular formula is C7H13N3O4S. The summed E-state index contributed by atoms with van der Waals surface area (Å²) in [5.74, 6) is 3.54. The Labute approximate surface area is 87.6 Å². The lowest BCUT2D eigenvalue weighted by Gasteiger charge is -2.45. The maximum absolute atomic E-state index is 11.6. The zero-order valence-corrected chi connectivity index (χ0v) is 9.46. The van der Waals surface area contributed by atoms with E-state index < -0.39 is 32.6 Å². The number of carbonyl (C=O) groups is 2. The molecule has 0 aliphatic carbocycles. The molecule has 0 radical (unpaired) electrons. The van der Waals surface area contributed by atoms with Gasteiger partial charge in [0, 0.05) is 0 Å². The third kappa shape index (κ3) is 1.32. The highest BCUT2D eigenvalue weighted by molar-refractivity contribution is 7.94. The molecule has 1 saturated heterocycles. The zero-order valence-electron chi connectivity index (χ0n) is 8.64. The van der Waals surface area contributed by atoms with Crippen LogP contribution >= 0.6 is 0 Å². The van der Waals surface area contributed by atoms with Crippen molar-refractivity contribution in [2.75, 3.05) is 0 Å². The van der Waals surface area contributed by atoms with Crippen molar-refractivity contribution in [2.24, 2.45) is 5.84 Å². The Hall–Kier alpha value is -1.15. The van der Waals surface area contributed by atoms with E-state index in [4.69, 9.17) is 5.84 Å². The Kier molecular flexibility index (Phi) is 2.52. The molecule has 1 aliphatic rings. The minimum Gasteiger partial charge on any atom is -0.292 e. The lowest BCUT2D eigenvalue weighted by atomic mass is 10.1. The first-order valence-corrected chi connectivity index (χ1v) is 5.70. The van der Waals surface area contributed by atoms with Gasteiger partial charge in [0.25, 0.3) is 21.8 Å². The second-order valence-corrected chi connectivity index (χ2v) is 6.17. The lowest BCUT2D eigenvalue weighted by molar-refractivity contribution is -0.139. The number of nitrogens with one attached hydrogen (secondary N) is 1. The predicted molar refractivity (Wildman–Crippen MR) is 51.6 cm³/mol. The molecule has 0 aromatic heterocycles. The minimum atomic E-state index is -3.74. The molecule has 0 aromatic rings. The van der Waals surface area contributed by atoms with Crippen LogP contribution in [0.1, 0.15) is 20.8 Å². The van der Waals surface area contributed by atoms with Gasteiger partial charge in [0.05, 0.1) is 0 Å². The molecule has 8 heteroatoms. The second kappa shape index (κ2) is 3.17. The van der Waals surface area contributed by atoms with Crippen LogP contribution in [0.3, 0.4) is 0 Å². The highest BCUT2D eigenvalue weighted by Gasteiger charge is 2.62. The number of hydrazine groups is 1. The molecule has 0 spiro atoms. The van der Waals surface area contributed by atoms with Gasteiger partial charge in [-0.15, -0.1) is 0 Å². The molecule has 1 rings (SSSR count). The van der Waals surface area contributed by atoms with Gasteiger partial charge < -0.3 is 0 Å². The molecule has 1 heterocycles. The number of amides is 2. The van der Waals surface area contributed by atoms with Gasteiger partial charge in [-0.1, -0.05) is 0 Å². The van der Waals surface area contributed by atoms with E-state index in [1.54, 1.807) is 5.43 Å². The maximum atomic E-state index is 11.6. The quantitative estimate of drug-likeness (QED) is 0.337. The van der Waals surface area contributed by atoms with Gasteiger partial charge in [0.15, 0.2) is 4.75 Å². The third-order valence-electron chi connectivity index (χ3n) is 2.49. The van der Waals surface area contributed by atoms with Crippen LogP contribution in [0.2, 0.25) is 0 Å². The number of sulfonamides is 1. The first-order chi connectivity index (χ1) is 6.67. The second-order valence-electron chi connectivity index (χ2n) is 3.80. The van der Waals surface area contributed by atoms with Gasteiger partial charge in [0.2, 0.25) is 0 Å². The van der Waals surface area contributed by atoms with Crippen molar-refractivity contribution in [3.63, 3.8) is 0 Å². The maximum Gasteiger partial charge on any atom is 0.259 e. The van der Waals surface area contributed by atoms with Gasteiger partial charge in [-0.25, -0.2) is 18.6 Å². The summed E-state index contributed by atoms with van der Waals surface area (Å²) in [5.41, 5.74) is 1.80. The lowest BCUT2D eigenvalue weighted by Crippen LogP contribution is -2.71. The van der Waals surface area contributed by atoms with E-state index in [0.717, 1.165) is 0 Å². The summed E-state index contributed by atoms with van der Waals surface area (Å²) in [6, 6.07) is -1.11. The molecule has 1 aliphatic heterocycles. The molecular weight excluding hydrogens is 222 g/mol. The standard InChI is InChI=1S/C7H13N3O4S/c1-4(5(11)9-8)10-6(12)7(2,3)15(10,13)14/h4H,8H2,1-3H3,(H,9,11). The molecule has 2 amide bonds. The summed E-state index contributed by atoms with van der Waals surface area (Å²) in [4.78, 5) is 22.6. The van der Waals surface area contributed by atoms with Crippen LogP contribution in [0.15, 0.2) is 0 Å². The van der Waals surface area contributed by atoms with E-state index in [1.165, 1.54) is 20.8 Å². The van der Waals surface area contributed by atoms with Crippen LogP contribution in [0.4, 0.5) is 0 Å². The molecule has 7 nitrogen and oxygen atoms in total. The normalized spacial score (nSPS) is 24.3.